The maximum absolute atomic E-state index is 12.1. The molecule has 1 aliphatic rings. The monoisotopic (exact) mass is 430 g/mol. The number of aryl methyl sites for hydroxylation is 3. The van der Waals surface area contributed by atoms with E-state index in [2.05, 4.69) is 27.8 Å². The summed E-state index contributed by atoms with van der Waals surface area (Å²) in [7, 11) is 0. The molecule has 1 aromatic heterocycles. The van der Waals surface area contributed by atoms with Crippen molar-refractivity contribution in [2.45, 2.75) is 76.9 Å². The number of nitrogens with zero attached hydrogens (tertiary/aromatic N) is 3. The van der Waals surface area contributed by atoms with E-state index < -0.39 is 0 Å². The number of primary amides is 1. The number of rotatable bonds is 9. The molecule has 1 atom stereocenters. The maximum atomic E-state index is 12.1. The van der Waals surface area contributed by atoms with Crippen LogP contribution < -0.4 is 5.73 Å². The Labute approximate surface area is 181 Å². The van der Waals surface area contributed by atoms with Crippen LogP contribution in [-0.4, -0.2) is 39.2 Å². The molecule has 8 heteroatoms. The molecule has 30 heavy (non-hydrogen) atoms. The predicted octanol–water partition coefficient (Wildman–Crippen LogP) is 3.30. The molecular weight excluding hydrogens is 400 g/mol. The van der Waals surface area contributed by atoms with Crippen LogP contribution in [0.2, 0.25) is 0 Å². The number of Topliss-reactive ketones (excluding diaryl/α,β-unsaturated/α-hetero) is 1. The van der Waals surface area contributed by atoms with Crippen LogP contribution in [0.25, 0.3) is 0 Å². The highest BCUT2D eigenvalue weighted by Crippen LogP contribution is 2.30. The molecule has 2 aromatic rings. The molecule has 2 N–H and O–H groups in total. The Kier molecular flexibility index (Phi) is 7.31. The van der Waals surface area contributed by atoms with E-state index in [4.69, 9.17) is 10.5 Å². The third-order valence-corrected chi connectivity index (χ3v) is 6.62. The Morgan fingerprint density at radius 3 is 2.67 bits per heavy atom. The van der Waals surface area contributed by atoms with Gasteiger partial charge in [-0.15, -0.1) is 10.2 Å². The number of ketones is 1. The number of hydrogen-bond donors (Lipinski definition) is 1. The molecule has 0 saturated carbocycles. The summed E-state index contributed by atoms with van der Waals surface area (Å²) in [6.45, 7) is 9.15. The molecular formula is C22H30N4O3S. The van der Waals surface area contributed by atoms with Gasteiger partial charge in [-0.2, -0.15) is 0 Å². The molecule has 1 saturated heterocycles. The number of aromatic nitrogens is 3. The van der Waals surface area contributed by atoms with Gasteiger partial charge in [0.25, 0.3) is 0 Å². The first kappa shape index (κ1) is 22.5. The smallest absolute Gasteiger partial charge is 0.217 e. The molecule has 0 radical (unpaired) electrons. The Bertz CT molecular complexity index is 948. The number of benzene rings is 1. The number of hydrogen-bond acceptors (Lipinski definition) is 6. The third-order valence-electron chi connectivity index (χ3n) is 5.63. The molecule has 3 rings (SSSR count). The van der Waals surface area contributed by atoms with Gasteiger partial charge >= 0.3 is 0 Å². The van der Waals surface area contributed by atoms with Gasteiger partial charge in [-0.1, -0.05) is 17.8 Å². The second-order valence-electron chi connectivity index (χ2n) is 7.94. The Hall–Kier alpha value is -2.19. The average molecular weight is 431 g/mol. The van der Waals surface area contributed by atoms with Crippen LogP contribution in [-0.2, 0) is 28.2 Å². The van der Waals surface area contributed by atoms with E-state index >= 15 is 0 Å². The summed E-state index contributed by atoms with van der Waals surface area (Å²) in [5.41, 5.74) is 10.5. The fourth-order valence-electron chi connectivity index (χ4n) is 4.15. The van der Waals surface area contributed by atoms with Gasteiger partial charge in [-0.05, 0) is 62.8 Å². The summed E-state index contributed by atoms with van der Waals surface area (Å²) in [6.07, 6.45) is 2.91. The minimum Gasteiger partial charge on any atom is -0.376 e. The van der Waals surface area contributed by atoms with E-state index in [1.807, 2.05) is 13.8 Å². The lowest BCUT2D eigenvalue weighted by Gasteiger charge is -2.17. The zero-order valence-corrected chi connectivity index (χ0v) is 19.0. The Balaban J connectivity index is 1.85. The van der Waals surface area contributed by atoms with Gasteiger partial charge in [-0.25, -0.2) is 0 Å². The van der Waals surface area contributed by atoms with E-state index in [0.29, 0.717) is 18.7 Å². The summed E-state index contributed by atoms with van der Waals surface area (Å²) >= 11 is 1.60. The Morgan fingerprint density at radius 2 is 2.03 bits per heavy atom. The van der Waals surface area contributed by atoms with Gasteiger partial charge < -0.3 is 15.0 Å². The quantitative estimate of drug-likeness (QED) is 0.484. The average Bonchev–Trinajstić information content (AvgIpc) is 3.30. The largest absolute Gasteiger partial charge is 0.376 e. The number of carbonyl (C=O) groups excluding carboxylic acids is 2. The van der Waals surface area contributed by atoms with Gasteiger partial charge in [0, 0.05) is 30.8 Å². The van der Waals surface area contributed by atoms with Crippen LogP contribution in [0, 0.1) is 20.8 Å². The molecule has 0 spiro atoms. The second-order valence-corrected chi connectivity index (χ2v) is 8.89. The van der Waals surface area contributed by atoms with Crippen LogP contribution >= 0.6 is 11.8 Å². The molecule has 7 nitrogen and oxygen atoms in total. The third kappa shape index (κ3) is 5.10. The standard InChI is InChI=1S/C22H30N4O3S/c1-13-10-14(2)21(16(4)27)15(3)18(13)12-30-22-25-24-20(8-7-19(23)28)26(22)11-17-6-5-9-29-17/h10,17H,5-9,11-12H2,1-4H3,(H2,23,28). The first-order chi connectivity index (χ1) is 14.3. The van der Waals surface area contributed by atoms with Crippen LogP contribution in [0.1, 0.15) is 64.6 Å². The van der Waals surface area contributed by atoms with E-state index in [-0.39, 0.29) is 24.2 Å². The van der Waals surface area contributed by atoms with E-state index in [0.717, 1.165) is 52.7 Å². The second kappa shape index (κ2) is 9.75. The van der Waals surface area contributed by atoms with Crippen molar-refractivity contribution in [3.63, 3.8) is 0 Å². The molecule has 0 bridgehead atoms. The molecule has 1 amide bonds. The van der Waals surface area contributed by atoms with Gasteiger partial charge in [0.1, 0.15) is 5.82 Å². The summed E-state index contributed by atoms with van der Waals surface area (Å²) in [4.78, 5) is 23.4. The van der Waals surface area contributed by atoms with Crippen molar-refractivity contribution in [2.75, 3.05) is 6.61 Å². The predicted molar refractivity (Wildman–Crippen MR) is 117 cm³/mol. The van der Waals surface area contributed by atoms with Gasteiger partial charge in [0.15, 0.2) is 10.9 Å². The van der Waals surface area contributed by atoms with Crippen molar-refractivity contribution >= 4 is 23.5 Å². The highest BCUT2D eigenvalue weighted by Gasteiger charge is 2.22. The SMILES string of the molecule is CC(=O)c1c(C)cc(C)c(CSc2nnc(CCC(N)=O)n2CC2CCCO2)c1C. The first-order valence-corrected chi connectivity index (χ1v) is 11.3. The lowest BCUT2D eigenvalue weighted by molar-refractivity contribution is -0.118. The van der Waals surface area contributed by atoms with Gasteiger partial charge in [0.2, 0.25) is 5.91 Å². The Morgan fingerprint density at radius 1 is 1.27 bits per heavy atom. The van der Waals surface area contributed by atoms with E-state index in [1.165, 1.54) is 5.56 Å². The van der Waals surface area contributed by atoms with Crippen molar-refractivity contribution in [3.05, 3.63) is 39.7 Å². The number of carbonyl (C=O) groups is 2. The minimum atomic E-state index is -0.349. The molecule has 1 fully saturated rings. The zero-order chi connectivity index (χ0) is 21.8. The van der Waals surface area contributed by atoms with Crippen LogP contribution in [0.3, 0.4) is 0 Å². The van der Waals surface area contributed by atoms with E-state index in [1.54, 1.807) is 18.7 Å². The fourth-order valence-corrected chi connectivity index (χ4v) is 5.30. The van der Waals surface area contributed by atoms with Crippen molar-refractivity contribution in [1.29, 1.82) is 0 Å². The number of nitrogens with two attached hydrogens (primary N) is 1. The zero-order valence-electron chi connectivity index (χ0n) is 18.2. The highest BCUT2D eigenvalue weighted by molar-refractivity contribution is 7.98. The number of thioether (sulfide) groups is 1. The lowest BCUT2D eigenvalue weighted by Crippen LogP contribution is -2.19. The van der Waals surface area contributed by atoms with Crippen LogP contribution in [0.4, 0.5) is 0 Å². The molecule has 1 aliphatic heterocycles. The summed E-state index contributed by atoms with van der Waals surface area (Å²) in [6, 6.07) is 2.08. The van der Waals surface area contributed by atoms with E-state index in [9.17, 15) is 9.59 Å². The number of ether oxygens (including phenoxy) is 1. The lowest BCUT2D eigenvalue weighted by atomic mass is 9.92. The highest BCUT2D eigenvalue weighted by atomic mass is 32.2. The summed E-state index contributed by atoms with van der Waals surface area (Å²) in [5.74, 6) is 1.19. The first-order valence-electron chi connectivity index (χ1n) is 10.3. The minimum absolute atomic E-state index is 0.0894. The number of amides is 1. The molecule has 2 heterocycles. The summed E-state index contributed by atoms with van der Waals surface area (Å²) < 4.78 is 7.87. The van der Waals surface area contributed by atoms with Crippen molar-refractivity contribution in [1.82, 2.24) is 14.8 Å². The topological polar surface area (TPSA) is 100 Å². The van der Waals surface area contributed by atoms with Crippen LogP contribution in [0.15, 0.2) is 11.2 Å². The molecule has 1 unspecified atom stereocenters. The molecule has 0 aliphatic carbocycles. The van der Waals surface area contributed by atoms with Crippen molar-refractivity contribution in [3.8, 4) is 0 Å². The summed E-state index contributed by atoms with van der Waals surface area (Å²) in [5, 5.41) is 9.51. The van der Waals surface area contributed by atoms with Crippen LogP contribution in [0.5, 0.6) is 0 Å². The molecule has 162 valence electrons. The maximum Gasteiger partial charge on any atom is 0.217 e. The van der Waals surface area contributed by atoms with Crippen molar-refractivity contribution in [2.24, 2.45) is 5.73 Å². The van der Waals surface area contributed by atoms with Gasteiger partial charge in [-0.3, -0.25) is 9.59 Å². The van der Waals surface area contributed by atoms with Crippen molar-refractivity contribution < 1.29 is 14.3 Å². The molecule has 1 aromatic carbocycles. The van der Waals surface area contributed by atoms with Gasteiger partial charge in [0.05, 0.1) is 12.6 Å². The normalized spacial score (nSPS) is 16.2. The fraction of sp³-hybridized carbons (Fsp3) is 0.545.